The van der Waals surface area contributed by atoms with Crippen molar-refractivity contribution < 1.29 is 4.74 Å². The van der Waals surface area contributed by atoms with Crippen LogP contribution in [0.1, 0.15) is 20.8 Å². The lowest BCUT2D eigenvalue weighted by molar-refractivity contribution is 0.0900. The fourth-order valence-corrected chi connectivity index (χ4v) is 0.378. The normalized spacial score (nSPS) is 12.0. The summed E-state index contributed by atoms with van der Waals surface area (Å²) in [7, 11) is 0. The highest BCUT2D eigenvalue weighted by molar-refractivity contribution is 4.58. The minimum Gasteiger partial charge on any atom is -0.381 e. The van der Waals surface area contributed by atoms with E-state index in [-0.39, 0.29) is 5.41 Å². The van der Waals surface area contributed by atoms with Crippen LogP contribution in [0.2, 0.25) is 0 Å². The van der Waals surface area contributed by atoms with E-state index >= 15 is 0 Å². The molecule has 0 amide bonds. The first-order valence-electron chi connectivity index (χ1n) is 2.93. The summed E-state index contributed by atoms with van der Waals surface area (Å²) < 4.78 is 5.09. The summed E-state index contributed by atoms with van der Waals surface area (Å²) in [6, 6.07) is 0. The molecule has 0 saturated heterocycles. The van der Waals surface area contributed by atoms with Crippen molar-refractivity contribution in [3.05, 3.63) is 6.92 Å². The summed E-state index contributed by atoms with van der Waals surface area (Å²) in [5, 5.41) is 0. The molecular formula is C7H15O. The lowest BCUT2D eigenvalue weighted by atomic mass is 9.99. The van der Waals surface area contributed by atoms with Crippen LogP contribution in [-0.2, 0) is 4.74 Å². The third-order valence-corrected chi connectivity index (χ3v) is 0.679. The SMILES string of the molecule is [CH2]COCC(C)(C)C. The molecular weight excluding hydrogens is 100 g/mol. The Bertz CT molecular complexity index is 51.9. The van der Waals surface area contributed by atoms with E-state index in [2.05, 4.69) is 27.7 Å². The summed E-state index contributed by atoms with van der Waals surface area (Å²) in [5.74, 6) is 0. The predicted octanol–water partition coefficient (Wildman–Crippen LogP) is 1.88. The molecule has 1 radical (unpaired) electrons. The maximum absolute atomic E-state index is 5.09. The van der Waals surface area contributed by atoms with Gasteiger partial charge in [0.15, 0.2) is 0 Å². The Balaban J connectivity index is 3.11. The van der Waals surface area contributed by atoms with E-state index in [1.54, 1.807) is 0 Å². The molecule has 0 N–H and O–H groups in total. The molecule has 49 valence electrons. The van der Waals surface area contributed by atoms with Crippen LogP contribution in [0.15, 0.2) is 0 Å². The van der Waals surface area contributed by atoms with E-state index in [4.69, 9.17) is 4.74 Å². The molecule has 1 nitrogen and oxygen atoms in total. The van der Waals surface area contributed by atoms with Gasteiger partial charge in [-0.15, -0.1) is 0 Å². The van der Waals surface area contributed by atoms with E-state index in [9.17, 15) is 0 Å². The zero-order valence-corrected chi connectivity index (χ0v) is 6.03. The van der Waals surface area contributed by atoms with Crippen LogP contribution >= 0.6 is 0 Å². The van der Waals surface area contributed by atoms with Crippen molar-refractivity contribution in [1.29, 1.82) is 0 Å². The van der Waals surface area contributed by atoms with Crippen LogP contribution in [-0.4, -0.2) is 13.2 Å². The van der Waals surface area contributed by atoms with E-state index in [1.807, 2.05) is 0 Å². The zero-order chi connectivity index (χ0) is 6.62. The minimum absolute atomic E-state index is 0.289. The van der Waals surface area contributed by atoms with Crippen molar-refractivity contribution in [2.75, 3.05) is 13.2 Å². The van der Waals surface area contributed by atoms with Crippen molar-refractivity contribution in [2.24, 2.45) is 5.41 Å². The van der Waals surface area contributed by atoms with Gasteiger partial charge in [0.1, 0.15) is 0 Å². The Morgan fingerprint density at radius 3 is 2.00 bits per heavy atom. The Morgan fingerprint density at radius 1 is 1.38 bits per heavy atom. The van der Waals surface area contributed by atoms with Gasteiger partial charge < -0.3 is 4.74 Å². The Labute approximate surface area is 52.0 Å². The monoisotopic (exact) mass is 115 g/mol. The number of ether oxygens (including phenoxy) is 1. The molecule has 0 aromatic heterocycles. The minimum atomic E-state index is 0.289. The second kappa shape index (κ2) is 3.08. The van der Waals surface area contributed by atoms with Gasteiger partial charge in [-0.3, -0.25) is 0 Å². The van der Waals surface area contributed by atoms with Gasteiger partial charge in [0.05, 0.1) is 6.61 Å². The van der Waals surface area contributed by atoms with Gasteiger partial charge in [-0.25, -0.2) is 0 Å². The van der Waals surface area contributed by atoms with Crippen LogP contribution in [0.4, 0.5) is 0 Å². The van der Waals surface area contributed by atoms with Gasteiger partial charge in [-0.1, -0.05) is 20.8 Å². The highest BCUT2D eigenvalue weighted by atomic mass is 16.5. The van der Waals surface area contributed by atoms with Gasteiger partial charge in [-0.05, 0) is 12.3 Å². The maximum atomic E-state index is 5.09. The second-order valence-corrected chi connectivity index (χ2v) is 3.11. The van der Waals surface area contributed by atoms with E-state index in [0.717, 1.165) is 6.61 Å². The van der Waals surface area contributed by atoms with Crippen molar-refractivity contribution in [3.63, 3.8) is 0 Å². The predicted molar refractivity (Wildman–Crippen MR) is 35.6 cm³/mol. The highest BCUT2D eigenvalue weighted by Crippen LogP contribution is 2.11. The average molecular weight is 115 g/mol. The number of hydrogen-bond acceptors (Lipinski definition) is 1. The highest BCUT2D eigenvalue weighted by Gasteiger charge is 2.08. The van der Waals surface area contributed by atoms with Crippen LogP contribution in [0.5, 0.6) is 0 Å². The summed E-state index contributed by atoms with van der Waals surface area (Å²) in [6.07, 6.45) is 0. The fraction of sp³-hybridized carbons (Fsp3) is 0.857. The molecule has 0 aromatic rings. The Hall–Kier alpha value is -0.0400. The molecule has 0 atom stereocenters. The first-order chi connectivity index (χ1) is 3.56. The van der Waals surface area contributed by atoms with Crippen LogP contribution in [0.25, 0.3) is 0 Å². The third kappa shape index (κ3) is 5.96. The molecule has 0 aliphatic heterocycles. The zero-order valence-electron chi connectivity index (χ0n) is 6.03. The fourth-order valence-electron chi connectivity index (χ4n) is 0.378. The third-order valence-electron chi connectivity index (χ3n) is 0.679. The molecule has 0 bridgehead atoms. The lowest BCUT2D eigenvalue weighted by Crippen LogP contribution is -2.14. The molecule has 0 aliphatic rings. The standard InChI is InChI=1S/C7H15O/c1-5-8-6-7(2,3)4/h1,5-6H2,2-4H3. The molecule has 0 rings (SSSR count). The van der Waals surface area contributed by atoms with Gasteiger partial charge in [0.25, 0.3) is 0 Å². The maximum Gasteiger partial charge on any atom is 0.0514 e. The lowest BCUT2D eigenvalue weighted by Gasteiger charge is -2.16. The molecule has 0 aliphatic carbocycles. The molecule has 0 fully saturated rings. The quantitative estimate of drug-likeness (QED) is 0.534. The summed E-state index contributed by atoms with van der Waals surface area (Å²) in [6.45, 7) is 11.4. The van der Waals surface area contributed by atoms with E-state index < -0.39 is 0 Å². The molecule has 1 heteroatoms. The molecule has 0 unspecified atom stereocenters. The van der Waals surface area contributed by atoms with Crippen LogP contribution < -0.4 is 0 Å². The molecule has 0 spiro atoms. The van der Waals surface area contributed by atoms with Gasteiger partial charge in [-0.2, -0.15) is 0 Å². The van der Waals surface area contributed by atoms with E-state index in [1.165, 1.54) is 0 Å². The Kier molecular flexibility index (Phi) is 3.06. The van der Waals surface area contributed by atoms with Crippen molar-refractivity contribution >= 4 is 0 Å². The first kappa shape index (κ1) is 7.96. The van der Waals surface area contributed by atoms with Crippen LogP contribution in [0, 0.1) is 12.3 Å². The second-order valence-electron chi connectivity index (χ2n) is 3.11. The van der Waals surface area contributed by atoms with Gasteiger partial charge in [0, 0.05) is 6.61 Å². The summed E-state index contributed by atoms with van der Waals surface area (Å²) >= 11 is 0. The van der Waals surface area contributed by atoms with Crippen molar-refractivity contribution in [2.45, 2.75) is 20.8 Å². The van der Waals surface area contributed by atoms with Crippen LogP contribution in [0.3, 0.4) is 0 Å². The average Bonchev–Trinajstić information content (AvgIpc) is 1.59. The molecule has 8 heavy (non-hydrogen) atoms. The van der Waals surface area contributed by atoms with Crippen molar-refractivity contribution in [3.8, 4) is 0 Å². The summed E-state index contributed by atoms with van der Waals surface area (Å²) in [4.78, 5) is 0. The molecule has 0 aromatic carbocycles. The smallest absolute Gasteiger partial charge is 0.0514 e. The van der Waals surface area contributed by atoms with Gasteiger partial charge in [0.2, 0.25) is 0 Å². The summed E-state index contributed by atoms with van der Waals surface area (Å²) in [5.41, 5.74) is 0.289. The number of hydrogen-bond donors (Lipinski definition) is 0. The van der Waals surface area contributed by atoms with Crippen molar-refractivity contribution in [1.82, 2.24) is 0 Å². The first-order valence-corrected chi connectivity index (χ1v) is 2.93. The Morgan fingerprint density at radius 2 is 1.88 bits per heavy atom. The molecule has 0 saturated carbocycles. The number of rotatable bonds is 2. The van der Waals surface area contributed by atoms with E-state index in [0.29, 0.717) is 6.61 Å². The molecule has 0 heterocycles. The van der Waals surface area contributed by atoms with Gasteiger partial charge >= 0.3 is 0 Å². The topological polar surface area (TPSA) is 9.23 Å². The largest absolute Gasteiger partial charge is 0.381 e.